The normalized spacial score (nSPS) is 12.2. The molecule has 0 bridgehead atoms. The molecule has 0 fully saturated rings. The Labute approximate surface area is 115 Å². The lowest BCUT2D eigenvalue weighted by Crippen LogP contribution is -1.99. The van der Waals surface area contributed by atoms with Crippen molar-refractivity contribution < 1.29 is 13.5 Å². The SMILES string of the molecule is COc1ccc(Cc2cc(C)ccc2S(=O)[O-])cc1. The largest absolute Gasteiger partial charge is 0.768 e. The van der Waals surface area contributed by atoms with Crippen molar-refractivity contribution in [2.24, 2.45) is 0 Å². The molecule has 0 N–H and O–H groups in total. The summed E-state index contributed by atoms with van der Waals surface area (Å²) in [5.74, 6) is 0.792. The molecule has 1 atom stereocenters. The van der Waals surface area contributed by atoms with Crippen LogP contribution in [0.2, 0.25) is 0 Å². The van der Waals surface area contributed by atoms with E-state index in [0.29, 0.717) is 11.3 Å². The van der Waals surface area contributed by atoms with Gasteiger partial charge >= 0.3 is 0 Å². The zero-order chi connectivity index (χ0) is 13.8. The van der Waals surface area contributed by atoms with Crippen LogP contribution in [0.5, 0.6) is 5.75 Å². The summed E-state index contributed by atoms with van der Waals surface area (Å²) < 4.78 is 27.5. The molecule has 2 rings (SSSR count). The molecule has 0 aromatic heterocycles. The molecule has 100 valence electrons. The first-order valence-corrected chi connectivity index (χ1v) is 6.99. The van der Waals surface area contributed by atoms with Crippen molar-refractivity contribution in [3.8, 4) is 5.75 Å². The van der Waals surface area contributed by atoms with E-state index < -0.39 is 11.1 Å². The van der Waals surface area contributed by atoms with E-state index in [9.17, 15) is 8.76 Å². The Balaban J connectivity index is 2.31. The lowest BCUT2D eigenvalue weighted by molar-refractivity contribution is 0.414. The van der Waals surface area contributed by atoms with E-state index in [1.165, 1.54) is 0 Å². The first-order valence-electron chi connectivity index (χ1n) is 5.92. The molecule has 0 spiro atoms. The summed E-state index contributed by atoms with van der Waals surface area (Å²) in [6.07, 6.45) is 0.592. The van der Waals surface area contributed by atoms with Crippen LogP contribution in [-0.4, -0.2) is 15.9 Å². The van der Waals surface area contributed by atoms with Gasteiger partial charge in [-0.25, -0.2) is 0 Å². The van der Waals surface area contributed by atoms with Gasteiger partial charge in [0.2, 0.25) is 0 Å². The minimum absolute atomic E-state index is 0.362. The van der Waals surface area contributed by atoms with Gasteiger partial charge in [0.05, 0.1) is 7.11 Å². The van der Waals surface area contributed by atoms with Crippen LogP contribution in [0.3, 0.4) is 0 Å². The number of methoxy groups -OCH3 is 1. The topological polar surface area (TPSA) is 49.4 Å². The van der Waals surface area contributed by atoms with Crippen LogP contribution in [0.1, 0.15) is 16.7 Å². The van der Waals surface area contributed by atoms with Crippen molar-refractivity contribution in [2.45, 2.75) is 18.2 Å². The van der Waals surface area contributed by atoms with Gasteiger partial charge in [0.15, 0.2) is 0 Å². The second-order valence-corrected chi connectivity index (χ2v) is 5.28. The lowest BCUT2D eigenvalue weighted by Gasteiger charge is -2.13. The molecule has 1 unspecified atom stereocenters. The summed E-state index contributed by atoms with van der Waals surface area (Å²) in [6.45, 7) is 1.95. The third-order valence-corrected chi connectivity index (χ3v) is 3.71. The van der Waals surface area contributed by atoms with E-state index in [1.807, 2.05) is 43.3 Å². The summed E-state index contributed by atoms with van der Waals surface area (Å²) in [6, 6.07) is 13.0. The molecule has 0 saturated carbocycles. The summed E-state index contributed by atoms with van der Waals surface area (Å²) in [7, 11) is 1.62. The number of rotatable bonds is 4. The molecule has 0 radical (unpaired) electrons. The summed E-state index contributed by atoms with van der Waals surface area (Å²) >= 11 is -2.20. The Kier molecular flexibility index (Phi) is 4.35. The van der Waals surface area contributed by atoms with Gasteiger partial charge in [0, 0.05) is 4.90 Å². The maximum Gasteiger partial charge on any atom is 0.118 e. The average Bonchev–Trinajstić information content (AvgIpc) is 2.39. The number of benzene rings is 2. The predicted octanol–water partition coefficient (Wildman–Crippen LogP) is 2.83. The second-order valence-electron chi connectivity index (χ2n) is 4.37. The monoisotopic (exact) mass is 275 g/mol. The molecule has 19 heavy (non-hydrogen) atoms. The Morgan fingerprint density at radius 1 is 1.16 bits per heavy atom. The summed E-state index contributed by atoms with van der Waals surface area (Å²) in [5, 5.41) is 0. The Hall–Kier alpha value is -1.65. The van der Waals surface area contributed by atoms with Crippen molar-refractivity contribution in [1.29, 1.82) is 0 Å². The van der Waals surface area contributed by atoms with Crippen molar-refractivity contribution >= 4 is 11.1 Å². The standard InChI is InChI=1S/C15H16O3S/c1-11-3-8-15(19(16)17)13(9-11)10-12-4-6-14(18-2)7-5-12/h3-9H,10H2,1-2H3,(H,16,17)/p-1. The van der Waals surface area contributed by atoms with E-state index >= 15 is 0 Å². The van der Waals surface area contributed by atoms with Crippen molar-refractivity contribution in [3.05, 3.63) is 59.2 Å². The van der Waals surface area contributed by atoms with Crippen LogP contribution in [0, 0.1) is 6.92 Å². The van der Waals surface area contributed by atoms with Gasteiger partial charge in [0.25, 0.3) is 0 Å². The molecule has 0 aliphatic heterocycles. The number of hydrogen-bond donors (Lipinski definition) is 0. The van der Waals surface area contributed by atoms with Gasteiger partial charge < -0.3 is 9.29 Å². The Bertz CT molecular complexity index is 591. The smallest absolute Gasteiger partial charge is 0.118 e. The molecule has 2 aromatic rings. The minimum Gasteiger partial charge on any atom is -0.768 e. The maximum absolute atomic E-state index is 11.2. The van der Waals surface area contributed by atoms with E-state index in [2.05, 4.69) is 0 Å². The minimum atomic E-state index is -2.20. The van der Waals surface area contributed by atoms with Crippen LogP contribution in [0.25, 0.3) is 0 Å². The van der Waals surface area contributed by atoms with Gasteiger partial charge in [-0.05, 0) is 53.8 Å². The van der Waals surface area contributed by atoms with E-state index in [0.717, 1.165) is 22.4 Å². The molecule has 2 aromatic carbocycles. The fourth-order valence-corrected chi connectivity index (χ4v) is 2.50. The maximum atomic E-state index is 11.2. The Morgan fingerprint density at radius 2 is 1.84 bits per heavy atom. The molecular formula is C15H15O3S-. The molecule has 0 amide bonds. The highest BCUT2D eigenvalue weighted by atomic mass is 32.2. The van der Waals surface area contributed by atoms with Gasteiger partial charge in [0.1, 0.15) is 5.75 Å². The van der Waals surface area contributed by atoms with E-state index in [1.54, 1.807) is 13.2 Å². The van der Waals surface area contributed by atoms with Crippen LogP contribution >= 0.6 is 0 Å². The third kappa shape index (κ3) is 3.43. The van der Waals surface area contributed by atoms with Gasteiger partial charge in [-0.15, -0.1) is 0 Å². The molecule has 3 nitrogen and oxygen atoms in total. The van der Waals surface area contributed by atoms with Crippen LogP contribution in [0.4, 0.5) is 0 Å². The third-order valence-electron chi connectivity index (χ3n) is 2.95. The van der Waals surface area contributed by atoms with Gasteiger partial charge in [-0.1, -0.05) is 29.8 Å². The fourth-order valence-electron chi connectivity index (χ4n) is 1.97. The molecule has 0 aliphatic carbocycles. The summed E-state index contributed by atoms with van der Waals surface area (Å²) in [5.41, 5.74) is 2.93. The first-order chi connectivity index (χ1) is 9.10. The first kappa shape index (κ1) is 13.8. The highest BCUT2D eigenvalue weighted by Gasteiger charge is 2.05. The zero-order valence-electron chi connectivity index (χ0n) is 10.9. The molecule has 0 heterocycles. The van der Waals surface area contributed by atoms with Crippen molar-refractivity contribution in [1.82, 2.24) is 0 Å². The average molecular weight is 275 g/mol. The van der Waals surface area contributed by atoms with Crippen molar-refractivity contribution in [2.75, 3.05) is 7.11 Å². The van der Waals surface area contributed by atoms with E-state index in [-0.39, 0.29) is 0 Å². The summed E-state index contributed by atoms with van der Waals surface area (Å²) in [4.78, 5) is 0.362. The van der Waals surface area contributed by atoms with Crippen LogP contribution in [-0.2, 0) is 17.5 Å². The number of hydrogen-bond acceptors (Lipinski definition) is 3. The number of ether oxygens (including phenoxy) is 1. The van der Waals surface area contributed by atoms with Crippen LogP contribution < -0.4 is 4.74 Å². The zero-order valence-corrected chi connectivity index (χ0v) is 11.7. The lowest BCUT2D eigenvalue weighted by atomic mass is 10.0. The quantitative estimate of drug-likeness (QED) is 0.806. The Morgan fingerprint density at radius 3 is 2.42 bits per heavy atom. The van der Waals surface area contributed by atoms with E-state index in [4.69, 9.17) is 4.74 Å². The molecule has 0 aliphatic rings. The van der Waals surface area contributed by atoms with Gasteiger partial charge in [-0.3, -0.25) is 4.21 Å². The van der Waals surface area contributed by atoms with Crippen molar-refractivity contribution in [3.63, 3.8) is 0 Å². The fraction of sp³-hybridized carbons (Fsp3) is 0.200. The van der Waals surface area contributed by atoms with Gasteiger partial charge in [-0.2, -0.15) is 0 Å². The molecule has 4 heteroatoms. The molecule has 0 saturated heterocycles. The highest BCUT2D eigenvalue weighted by Crippen LogP contribution is 2.20. The highest BCUT2D eigenvalue weighted by molar-refractivity contribution is 7.79. The number of aryl methyl sites for hydroxylation is 1. The van der Waals surface area contributed by atoms with Crippen LogP contribution in [0.15, 0.2) is 47.4 Å². The second kappa shape index (κ2) is 5.99. The molecular weight excluding hydrogens is 260 g/mol. The predicted molar refractivity (Wildman–Crippen MR) is 74.2 cm³/mol.